The predicted molar refractivity (Wildman–Crippen MR) is 59.5 cm³/mol. The van der Waals surface area contributed by atoms with Crippen LogP contribution in [0, 0.1) is 0 Å². The Morgan fingerprint density at radius 1 is 1.19 bits per heavy atom. The molecule has 4 heteroatoms. The van der Waals surface area contributed by atoms with Crippen molar-refractivity contribution in [2.24, 2.45) is 5.73 Å². The van der Waals surface area contributed by atoms with Gasteiger partial charge in [-0.1, -0.05) is 18.2 Å². The highest BCUT2D eigenvalue weighted by Gasteiger charge is 2.22. The Hall–Kier alpha value is -1.55. The molecule has 2 aromatic rings. The number of halogens is 2. The normalized spacial score (nSPS) is 13.2. The van der Waals surface area contributed by atoms with E-state index in [0.29, 0.717) is 5.56 Å². The smallest absolute Gasteiger partial charge is 0.246 e. The van der Waals surface area contributed by atoms with E-state index in [0.717, 1.165) is 10.9 Å². The third-order valence-corrected chi connectivity index (χ3v) is 2.64. The van der Waals surface area contributed by atoms with Crippen molar-refractivity contribution in [2.75, 3.05) is 6.54 Å². The van der Waals surface area contributed by atoms with Crippen molar-refractivity contribution in [3.05, 3.63) is 42.1 Å². The van der Waals surface area contributed by atoms with E-state index in [4.69, 9.17) is 5.73 Å². The van der Waals surface area contributed by atoms with Crippen LogP contribution in [0.2, 0.25) is 0 Å². The van der Waals surface area contributed by atoms with E-state index in [1.807, 2.05) is 12.1 Å². The Morgan fingerprint density at radius 3 is 2.62 bits per heavy atom. The van der Waals surface area contributed by atoms with Crippen LogP contribution in [-0.2, 0) is 0 Å². The fraction of sp³-hybridized carbons (Fsp3) is 0.250. The molecule has 0 aliphatic carbocycles. The third kappa shape index (κ3) is 1.88. The number of benzene rings is 1. The highest BCUT2D eigenvalue weighted by Crippen LogP contribution is 2.28. The Kier molecular flexibility index (Phi) is 3.10. The molecule has 84 valence electrons. The molecule has 1 aromatic carbocycles. The monoisotopic (exact) mass is 222 g/mol. The minimum absolute atomic E-state index is 0.0638. The quantitative estimate of drug-likeness (QED) is 0.866. The maximum absolute atomic E-state index is 12.8. The molecule has 0 spiro atoms. The molecule has 2 nitrogen and oxygen atoms in total. The fourth-order valence-electron chi connectivity index (χ4n) is 1.81. The predicted octanol–water partition coefficient (Wildman–Crippen LogP) is 2.54. The zero-order valence-electron chi connectivity index (χ0n) is 8.61. The number of nitrogens with two attached hydrogens (primary N) is 1. The van der Waals surface area contributed by atoms with Gasteiger partial charge in [-0.15, -0.1) is 0 Å². The molecule has 1 aromatic heterocycles. The first-order chi connectivity index (χ1) is 7.74. The van der Waals surface area contributed by atoms with E-state index < -0.39 is 12.3 Å². The van der Waals surface area contributed by atoms with Crippen LogP contribution in [0.4, 0.5) is 8.78 Å². The van der Waals surface area contributed by atoms with Crippen molar-refractivity contribution in [2.45, 2.75) is 12.3 Å². The van der Waals surface area contributed by atoms with Crippen LogP contribution in [-0.4, -0.2) is 18.0 Å². The second kappa shape index (κ2) is 4.53. The minimum Gasteiger partial charge on any atom is -0.330 e. The molecule has 0 saturated carbocycles. The van der Waals surface area contributed by atoms with Gasteiger partial charge in [0, 0.05) is 18.1 Å². The molecule has 2 N–H and O–H groups in total. The molecule has 0 fully saturated rings. The van der Waals surface area contributed by atoms with E-state index in [1.165, 1.54) is 0 Å². The van der Waals surface area contributed by atoms with Crippen molar-refractivity contribution in [3.8, 4) is 0 Å². The number of pyridine rings is 1. The molecular weight excluding hydrogens is 210 g/mol. The number of aromatic nitrogens is 1. The van der Waals surface area contributed by atoms with Crippen molar-refractivity contribution in [1.29, 1.82) is 0 Å². The molecule has 1 unspecified atom stereocenters. The van der Waals surface area contributed by atoms with E-state index in [9.17, 15) is 8.78 Å². The van der Waals surface area contributed by atoms with Gasteiger partial charge in [-0.2, -0.15) is 0 Å². The van der Waals surface area contributed by atoms with E-state index >= 15 is 0 Å². The van der Waals surface area contributed by atoms with Crippen LogP contribution in [0.3, 0.4) is 0 Å². The average Bonchev–Trinajstić information content (AvgIpc) is 2.30. The third-order valence-electron chi connectivity index (χ3n) is 2.64. The summed E-state index contributed by atoms with van der Waals surface area (Å²) in [7, 11) is 0. The second-order valence-electron chi connectivity index (χ2n) is 3.59. The molecule has 0 amide bonds. The molecule has 0 saturated heterocycles. The second-order valence-corrected chi connectivity index (χ2v) is 3.59. The lowest BCUT2D eigenvalue weighted by molar-refractivity contribution is 0.117. The number of nitrogens with zero attached hydrogens (tertiary/aromatic N) is 1. The summed E-state index contributed by atoms with van der Waals surface area (Å²) in [6.07, 6.45) is -0.904. The van der Waals surface area contributed by atoms with Gasteiger partial charge in [-0.25, -0.2) is 8.78 Å². The van der Waals surface area contributed by atoms with Gasteiger partial charge >= 0.3 is 0 Å². The molecule has 2 rings (SSSR count). The van der Waals surface area contributed by atoms with Crippen molar-refractivity contribution < 1.29 is 8.78 Å². The summed E-state index contributed by atoms with van der Waals surface area (Å²) in [5.74, 6) is -0.923. The van der Waals surface area contributed by atoms with Crippen LogP contribution in [0.5, 0.6) is 0 Å². The Morgan fingerprint density at radius 2 is 1.94 bits per heavy atom. The zero-order valence-corrected chi connectivity index (χ0v) is 8.61. The maximum atomic E-state index is 12.8. The minimum atomic E-state index is -2.45. The molecular formula is C12H12F2N2. The first-order valence-electron chi connectivity index (χ1n) is 5.06. The van der Waals surface area contributed by atoms with Gasteiger partial charge in [0.25, 0.3) is 0 Å². The van der Waals surface area contributed by atoms with Crippen molar-refractivity contribution >= 4 is 10.9 Å². The lowest BCUT2D eigenvalue weighted by Crippen LogP contribution is -2.20. The van der Waals surface area contributed by atoms with Crippen LogP contribution < -0.4 is 5.73 Å². The van der Waals surface area contributed by atoms with Gasteiger partial charge in [0.2, 0.25) is 6.43 Å². The highest BCUT2D eigenvalue weighted by atomic mass is 19.3. The van der Waals surface area contributed by atoms with Crippen LogP contribution in [0.25, 0.3) is 10.9 Å². The number of para-hydroxylation sites is 1. The van der Waals surface area contributed by atoms with Gasteiger partial charge in [0.05, 0.1) is 11.4 Å². The van der Waals surface area contributed by atoms with Gasteiger partial charge in [0.15, 0.2) is 0 Å². The zero-order chi connectivity index (χ0) is 11.5. The summed E-state index contributed by atoms with van der Waals surface area (Å²) in [4.78, 5) is 4.13. The maximum Gasteiger partial charge on any atom is 0.246 e. The van der Waals surface area contributed by atoms with Gasteiger partial charge in [0.1, 0.15) is 0 Å². The van der Waals surface area contributed by atoms with Gasteiger partial charge < -0.3 is 5.73 Å². The average molecular weight is 222 g/mol. The SMILES string of the molecule is NCC(c1ccnc2ccccc12)C(F)F. The van der Waals surface area contributed by atoms with Crippen LogP contribution in [0.1, 0.15) is 11.5 Å². The van der Waals surface area contributed by atoms with E-state index in [1.54, 1.807) is 24.4 Å². The molecule has 1 heterocycles. The lowest BCUT2D eigenvalue weighted by atomic mass is 9.96. The summed E-state index contributed by atoms with van der Waals surface area (Å²) in [5, 5.41) is 0.751. The topological polar surface area (TPSA) is 38.9 Å². The highest BCUT2D eigenvalue weighted by molar-refractivity contribution is 5.82. The summed E-state index contributed by atoms with van der Waals surface area (Å²) >= 11 is 0. The Bertz CT molecular complexity index is 480. The van der Waals surface area contributed by atoms with Crippen LogP contribution >= 0.6 is 0 Å². The fourth-order valence-corrected chi connectivity index (χ4v) is 1.81. The van der Waals surface area contributed by atoms with Gasteiger partial charge in [-0.05, 0) is 17.7 Å². The number of hydrogen-bond donors (Lipinski definition) is 1. The Labute approximate surface area is 92.1 Å². The van der Waals surface area contributed by atoms with E-state index in [-0.39, 0.29) is 6.54 Å². The number of rotatable bonds is 3. The van der Waals surface area contributed by atoms with Crippen molar-refractivity contribution in [3.63, 3.8) is 0 Å². The lowest BCUT2D eigenvalue weighted by Gasteiger charge is -2.15. The van der Waals surface area contributed by atoms with Crippen molar-refractivity contribution in [1.82, 2.24) is 4.98 Å². The molecule has 1 atom stereocenters. The number of hydrogen-bond acceptors (Lipinski definition) is 2. The standard InChI is InChI=1S/C12H12F2N2/c13-12(14)10(7-15)8-5-6-16-11-4-2-1-3-9(8)11/h1-6,10,12H,7,15H2. The molecule has 0 aliphatic rings. The first-order valence-corrected chi connectivity index (χ1v) is 5.06. The largest absolute Gasteiger partial charge is 0.330 e. The summed E-state index contributed by atoms with van der Waals surface area (Å²) < 4.78 is 25.6. The first kappa shape index (κ1) is 11.0. The summed E-state index contributed by atoms with van der Waals surface area (Å²) in [6.45, 7) is -0.0638. The van der Waals surface area contributed by atoms with Crippen LogP contribution in [0.15, 0.2) is 36.5 Å². The molecule has 0 bridgehead atoms. The molecule has 0 radical (unpaired) electrons. The molecule has 0 aliphatic heterocycles. The number of fused-ring (bicyclic) bond motifs is 1. The summed E-state index contributed by atoms with van der Waals surface area (Å²) in [6, 6.07) is 8.86. The Balaban J connectivity index is 2.59. The molecule has 16 heavy (non-hydrogen) atoms. The van der Waals surface area contributed by atoms with E-state index in [2.05, 4.69) is 4.98 Å². The number of alkyl halides is 2. The van der Waals surface area contributed by atoms with Gasteiger partial charge in [-0.3, -0.25) is 4.98 Å². The summed E-state index contributed by atoms with van der Waals surface area (Å²) in [5.41, 5.74) is 6.69.